The molecule has 0 amide bonds. The number of ether oxygens (including phenoxy) is 2. The van der Waals surface area contributed by atoms with Gasteiger partial charge in [0, 0.05) is 10.8 Å². The van der Waals surface area contributed by atoms with Crippen molar-refractivity contribution in [3.63, 3.8) is 0 Å². The molecule has 0 aliphatic heterocycles. The molecule has 0 saturated heterocycles. The van der Waals surface area contributed by atoms with E-state index in [9.17, 15) is 16.8 Å². The van der Waals surface area contributed by atoms with Gasteiger partial charge in [-0.3, -0.25) is 8.37 Å². The molecule has 52 heavy (non-hydrogen) atoms. The average Bonchev–Trinajstić information content (AvgIpc) is 3.14. The van der Waals surface area contributed by atoms with Crippen molar-refractivity contribution in [2.45, 2.75) is 49.3 Å². The number of aryl methyl sites for hydroxylation is 4. The third kappa shape index (κ3) is 8.00. The molecular formula is C42H42O8S2. The van der Waals surface area contributed by atoms with Gasteiger partial charge in [-0.05, 0) is 96.8 Å². The SMILES string of the molecule is COc1c(CCCOS(=O)(=O)c2ccc(C)cc2)ccc2cccc(-c3cccc4ccc(CCCOS(=O)(=O)c5ccc(C)cc5)c(OC)c34)c12. The summed E-state index contributed by atoms with van der Waals surface area (Å²) in [7, 11) is -4.42. The van der Waals surface area contributed by atoms with Crippen molar-refractivity contribution in [3.05, 3.63) is 131 Å². The molecule has 0 atom stereocenters. The topological polar surface area (TPSA) is 105 Å². The number of hydrogen-bond acceptors (Lipinski definition) is 8. The molecule has 6 aromatic carbocycles. The van der Waals surface area contributed by atoms with Gasteiger partial charge in [-0.2, -0.15) is 16.8 Å². The molecule has 0 aliphatic carbocycles. The van der Waals surface area contributed by atoms with Crippen LogP contribution in [0.2, 0.25) is 0 Å². The van der Waals surface area contributed by atoms with E-state index in [4.69, 9.17) is 17.8 Å². The van der Waals surface area contributed by atoms with E-state index in [1.54, 1.807) is 62.8 Å². The molecule has 0 heterocycles. The molecule has 0 unspecified atom stereocenters. The Labute approximate surface area is 306 Å². The first-order valence-electron chi connectivity index (χ1n) is 17.1. The molecule has 0 aromatic heterocycles. The molecule has 270 valence electrons. The number of methoxy groups -OCH3 is 2. The lowest BCUT2D eigenvalue weighted by Gasteiger charge is -2.19. The summed E-state index contributed by atoms with van der Waals surface area (Å²) in [6.07, 6.45) is 2.02. The third-order valence-corrected chi connectivity index (χ3v) is 11.8. The minimum absolute atomic E-state index is 0.0330. The molecule has 6 rings (SSSR count). The summed E-state index contributed by atoms with van der Waals surface area (Å²) in [5.41, 5.74) is 5.74. The van der Waals surface area contributed by atoms with Crippen LogP contribution in [0.4, 0.5) is 0 Å². The van der Waals surface area contributed by atoms with Crippen LogP contribution >= 0.6 is 0 Å². The fourth-order valence-electron chi connectivity index (χ4n) is 6.50. The van der Waals surface area contributed by atoms with Gasteiger partial charge in [0.05, 0.1) is 37.2 Å². The Bertz CT molecular complexity index is 2250. The highest BCUT2D eigenvalue weighted by molar-refractivity contribution is 7.87. The van der Waals surface area contributed by atoms with Crippen molar-refractivity contribution >= 4 is 41.8 Å². The van der Waals surface area contributed by atoms with E-state index in [1.807, 2.05) is 50.2 Å². The monoisotopic (exact) mass is 738 g/mol. The van der Waals surface area contributed by atoms with Crippen LogP contribution in [0.1, 0.15) is 35.1 Å². The molecule has 0 radical (unpaired) electrons. The Kier molecular flexibility index (Phi) is 11.3. The number of benzene rings is 6. The molecule has 0 fully saturated rings. The van der Waals surface area contributed by atoms with Crippen molar-refractivity contribution < 1.29 is 34.7 Å². The summed E-state index contributed by atoms with van der Waals surface area (Å²) >= 11 is 0. The minimum Gasteiger partial charge on any atom is -0.496 e. The lowest BCUT2D eigenvalue weighted by Crippen LogP contribution is -2.08. The summed E-state index contributed by atoms with van der Waals surface area (Å²) in [4.78, 5) is 0.276. The van der Waals surface area contributed by atoms with Gasteiger partial charge < -0.3 is 9.47 Å². The zero-order valence-electron chi connectivity index (χ0n) is 29.7. The first-order chi connectivity index (χ1) is 25.0. The van der Waals surface area contributed by atoms with E-state index >= 15 is 0 Å². The van der Waals surface area contributed by atoms with Crippen LogP contribution in [0, 0.1) is 13.8 Å². The third-order valence-electron chi connectivity index (χ3n) is 9.13. The zero-order chi connectivity index (χ0) is 36.9. The van der Waals surface area contributed by atoms with Crippen LogP contribution in [0.25, 0.3) is 32.7 Å². The normalized spacial score (nSPS) is 12.0. The van der Waals surface area contributed by atoms with E-state index in [1.165, 1.54) is 0 Å². The quantitative estimate of drug-likeness (QED) is 0.0760. The highest BCUT2D eigenvalue weighted by Crippen LogP contribution is 2.44. The van der Waals surface area contributed by atoms with E-state index < -0.39 is 20.2 Å². The van der Waals surface area contributed by atoms with Crippen molar-refractivity contribution in [1.29, 1.82) is 0 Å². The summed E-state index contributed by atoms with van der Waals surface area (Å²) in [6.45, 7) is 3.87. The maximum absolute atomic E-state index is 12.7. The minimum atomic E-state index is -3.86. The fourth-order valence-corrected chi connectivity index (χ4v) is 8.38. The summed E-state index contributed by atoms with van der Waals surface area (Å²) in [6, 6.07) is 33.6. The maximum atomic E-state index is 12.7. The predicted molar refractivity (Wildman–Crippen MR) is 205 cm³/mol. The van der Waals surface area contributed by atoms with Crippen LogP contribution in [0.5, 0.6) is 11.5 Å². The Balaban J connectivity index is 1.26. The van der Waals surface area contributed by atoms with Gasteiger partial charge >= 0.3 is 0 Å². The van der Waals surface area contributed by atoms with Gasteiger partial charge in [0.2, 0.25) is 0 Å². The first-order valence-corrected chi connectivity index (χ1v) is 19.9. The van der Waals surface area contributed by atoms with Crippen LogP contribution < -0.4 is 9.47 Å². The second-order valence-corrected chi connectivity index (χ2v) is 15.9. The lowest BCUT2D eigenvalue weighted by atomic mass is 9.90. The van der Waals surface area contributed by atoms with Crippen molar-refractivity contribution in [2.24, 2.45) is 0 Å². The maximum Gasteiger partial charge on any atom is 0.296 e. The van der Waals surface area contributed by atoms with Gasteiger partial charge in [-0.1, -0.05) is 96.1 Å². The highest BCUT2D eigenvalue weighted by Gasteiger charge is 2.20. The smallest absolute Gasteiger partial charge is 0.296 e. The van der Waals surface area contributed by atoms with E-state index in [0.29, 0.717) is 37.2 Å². The van der Waals surface area contributed by atoms with E-state index in [2.05, 4.69) is 24.3 Å². The van der Waals surface area contributed by atoms with Gasteiger partial charge in [-0.25, -0.2) is 0 Å². The van der Waals surface area contributed by atoms with Crippen LogP contribution in [-0.4, -0.2) is 44.3 Å². The second-order valence-electron chi connectivity index (χ2n) is 12.7. The average molecular weight is 739 g/mol. The molecule has 0 saturated carbocycles. The largest absolute Gasteiger partial charge is 0.496 e. The first kappa shape index (κ1) is 37.0. The van der Waals surface area contributed by atoms with Crippen molar-refractivity contribution in [3.8, 4) is 22.6 Å². The van der Waals surface area contributed by atoms with Crippen LogP contribution in [0.15, 0.2) is 119 Å². The second kappa shape index (κ2) is 15.9. The summed E-state index contributed by atoms with van der Waals surface area (Å²) in [5, 5.41) is 3.86. The van der Waals surface area contributed by atoms with Gasteiger partial charge in [0.15, 0.2) is 0 Å². The van der Waals surface area contributed by atoms with Gasteiger partial charge in [0.25, 0.3) is 20.2 Å². The molecular weight excluding hydrogens is 697 g/mol. The Morgan fingerprint density at radius 1 is 0.481 bits per heavy atom. The lowest BCUT2D eigenvalue weighted by molar-refractivity contribution is 0.310. The predicted octanol–water partition coefficient (Wildman–Crippen LogP) is 8.97. The van der Waals surface area contributed by atoms with Gasteiger partial charge in [-0.15, -0.1) is 0 Å². The molecule has 0 N–H and O–H groups in total. The summed E-state index contributed by atoms with van der Waals surface area (Å²) in [5.74, 6) is 1.43. The van der Waals surface area contributed by atoms with Crippen LogP contribution in [0.3, 0.4) is 0 Å². The Morgan fingerprint density at radius 3 is 1.23 bits per heavy atom. The van der Waals surface area contributed by atoms with Crippen molar-refractivity contribution in [1.82, 2.24) is 0 Å². The zero-order valence-corrected chi connectivity index (χ0v) is 31.4. The fraction of sp³-hybridized carbons (Fsp3) is 0.238. The Hall–Kier alpha value is -4.74. The molecule has 0 bridgehead atoms. The van der Waals surface area contributed by atoms with E-state index in [0.717, 1.165) is 54.9 Å². The molecule has 8 nitrogen and oxygen atoms in total. The molecule has 0 aliphatic rings. The highest BCUT2D eigenvalue weighted by atomic mass is 32.2. The molecule has 10 heteroatoms. The Morgan fingerprint density at radius 2 is 0.865 bits per heavy atom. The van der Waals surface area contributed by atoms with Crippen molar-refractivity contribution in [2.75, 3.05) is 27.4 Å². The number of hydrogen-bond donors (Lipinski definition) is 0. The molecule has 0 spiro atoms. The standard InChI is InChI=1S/C42H42O8S2/c1-29-15-23-35(24-16-29)51(43,44)49-27-7-11-33-21-19-31-9-5-13-37(39(31)41(33)47-3)38-14-6-10-32-20-22-34(42(48-4)40(32)38)12-8-28-50-52(45,46)36-25-17-30(2)18-26-36/h5-6,9-10,13-26H,7-8,11-12,27-28H2,1-4H3. The number of rotatable bonds is 15. The number of fused-ring (bicyclic) bond motifs is 2. The van der Waals surface area contributed by atoms with E-state index in [-0.39, 0.29) is 23.0 Å². The summed E-state index contributed by atoms with van der Waals surface area (Å²) < 4.78 is 73.8. The van der Waals surface area contributed by atoms with Crippen LogP contribution in [-0.2, 0) is 41.4 Å². The van der Waals surface area contributed by atoms with Gasteiger partial charge in [0.1, 0.15) is 11.5 Å². The molecule has 6 aromatic rings.